The maximum atomic E-state index is 12.7. The van der Waals surface area contributed by atoms with E-state index in [0.717, 1.165) is 30.4 Å². The molecule has 1 aliphatic heterocycles. The molecule has 1 unspecified atom stereocenters. The molecule has 1 heterocycles. The van der Waals surface area contributed by atoms with Crippen LogP contribution < -0.4 is 0 Å². The van der Waals surface area contributed by atoms with Crippen molar-refractivity contribution < 1.29 is 19.1 Å². The van der Waals surface area contributed by atoms with Crippen LogP contribution in [0.3, 0.4) is 0 Å². The van der Waals surface area contributed by atoms with Gasteiger partial charge in [0.05, 0.1) is 18.7 Å². The number of likely N-dealkylation sites (tertiary alicyclic amines) is 1. The molecule has 3 rings (SSSR count). The third kappa shape index (κ3) is 3.41. The van der Waals surface area contributed by atoms with Gasteiger partial charge in [-0.05, 0) is 51.7 Å². The molecule has 1 saturated heterocycles. The molecular formula is C21H25NO4. The third-order valence-electron chi connectivity index (χ3n) is 5.44. The van der Waals surface area contributed by atoms with Gasteiger partial charge in [-0.2, -0.15) is 0 Å². The fourth-order valence-electron chi connectivity index (χ4n) is 4.42. The summed E-state index contributed by atoms with van der Waals surface area (Å²) in [4.78, 5) is 26.5. The van der Waals surface area contributed by atoms with E-state index in [4.69, 9.17) is 15.9 Å². The van der Waals surface area contributed by atoms with Gasteiger partial charge in [0, 0.05) is 12.0 Å². The van der Waals surface area contributed by atoms with Crippen molar-refractivity contribution >= 4 is 12.1 Å². The predicted octanol–water partition coefficient (Wildman–Crippen LogP) is 3.47. The van der Waals surface area contributed by atoms with Gasteiger partial charge in [-0.15, -0.1) is 6.42 Å². The van der Waals surface area contributed by atoms with Crippen LogP contribution in [0.1, 0.15) is 47.2 Å². The second-order valence-corrected chi connectivity index (χ2v) is 7.28. The first-order chi connectivity index (χ1) is 12.4. The minimum atomic E-state index is -0.401. The number of terminal acetylenes is 1. The minimum absolute atomic E-state index is 0.0331. The zero-order valence-electron chi connectivity index (χ0n) is 15.5. The highest BCUT2D eigenvalue weighted by Gasteiger charge is 2.49. The summed E-state index contributed by atoms with van der Waals surface area (Å²) in [7, 11) is 1.36. The van der Waals surface area contributed by atoms with Crippen molar-refractivity contribution in [2.75, 3.05) is 7.11 Å². The number of esters is 1. The number of carbonyl (C=O) groups excluding carboxylic acids is 2. The Balaban J connectivity index is 1.78. The standard InChI is InChI=1S/C21H25NO4/c1-5-16-12-17-18(22(16)21(24)25-4)7-6-8-19(17)26-20(23)15-10-13(2)9-14(3)11-15/h1,9-11,16-19H,6-8,12H2,2-4H3/t16?,17-,18-,19+/m1/s1. The van der Waals surface area contributed by atoms with Crippen LogP contribution in [0, 0.1) is 32.1 Å². The average Bonchev–Trinajstić information content (AvgIpc) is 3.00. The number of rotatable bonds is 2. The van der Waals surface area contributed by atoms with E-state index in [-0.39, 0.29) is 30.1 Å². The van der Waals surface area contributed by atoms with Gasteiger partial charge in [-0.1, -0.05) is 23.1 Å². The van der Waals surface area contributed by atoms with Crippen molar-refractivity contribution in [2.24, 2.45) is 5.92 Å². The van der Waals surface area contributed by atoms with E-state index in [2.05, 4.69) is 5.92 Å². The number of benzene rings is 1. The number of hydrogen-bond acceptors (Lipinski definition) is 4. The highest BCUT2D eigenvalue weighted by Crippen LogP contribution is 2.41. The van der Waals surface area contributed by atoms with E-state index in [9.17, 15) is 9.59 Å². The first-order valence-electron chi connectivity index (χ1n) is 9.06. The lowest BCUT2D eigenvalue weighted by Crippen LogP contribution is -2.46. The highest BCUT2D eigenvalue weighted by atomic mass is 16.5. The number of nitrogens with zero attached hydrogens (tertiary/aromatic N) is 1. The number of ether oxygens (including phenoxy) is 2. The molecule has 5 nitrogen and oxygen atoms in total. The summed E-state index contributed by atoms with van der Waals surface area (Å²) < 4.78 is 10.8. The van der Waals surface area contributed by atoms with Gasteiger partial charge >= 0.3 is 12.1 Å². The quantitative estimate of drug-likeness (QED) is 0.602. The minimum Gasteiger partial charge on any atom is -0.458 e. The summed E-state index contributed by atoms with van der Waals surface area (Å²) in [5.41, 5.74) is 2.63. The van der Waals surface area contributed by atoms with Gasteiger partial charge < -0.3 is 9.47 Å². The topological polar surface area (TPSA) is 55.8 Å². The van der Waals surface area contributed by atoms with Gasteiger partial charge in [-0.25, -0.2) is 9.59 Å². The fraction of sp³-hybridized carbons (Fsp3) is 0.524. The maximum absolute atomic E-state index is 12.7. The van der Waals surface area contributed by atoms with Crippen LogP contribution in [0.15, 0.2) is 18.2 Å². The van der Waals surface area contributed by atoms with Crippen LogP contribution in [0.5, 0.6) is 0 Å². The van der Waals surface area contributed by atoms with Crippen LogP contribution in [0.25, 0.3) is 0 Å². The number of aryl methyl sites for hydroxylation is 2. The molecule has 26 heavy (non-hydrogen) atoms. The molecule has 0 radical (unpaired) electrons. The van der Waals surface area contributed by atoms with Crippen molar-refractivity contribution in [3.05, 3.63) is 34.9 Å². The molecule has 1 aromatic rings. The van der Waals surface area contributed by atoms with Crippen molar-refractivity contribution in [3.63, 3.8) is 0 Å². The number of amides is 1. The normalized spacial score (nSPS) is 27.4. The Hall–Kier alpha value is -2.48. The van der Waals surface area contributed by atoms with Crippen molar-refractivity contribution in [1.82, 2.24) is 4.90 Å². The van der Waals surface area contributed by atoms with E-state index in [0.29, 0.717) is 12.0 Å². The first kappa shape index (κ1) is 18.3. The summed E-state index contributed by atoms with van der Waals surface area (Å²) in [5.74, 6) is 2.44. The average molecular weight is 355 g/mol. The van der Waals surface area contributed by atoms with E-state index in [1.54, 1.807) is 4.90 Å². The molecule has 1 saturated carbocycles. The van der Waals surface area contributed by atoms with Crippen molar-refractivity contribution in [2.45, 2.75) is 57.7 Å². The number of fused-ring (bicyclic) bond motifs is 1. The monoisotopic (exact) mass is 355 g/mol. The molecule has 0 N–H and O–H groups in total. The Morgan fingerprint density at radius 2 is 1.88 bits per heavy atom. The van der Waals surface area contributed by atoms with Gasteiger partial charge in [0.15, 0.2) is 0 Å². The summed E-state index contributed by atoms with van der Waals surface area (Å²) in [5, 5.41) is 0. The third-order valence-corrected chi connectivity index (χ3v) is 5.44. The smallest absolute Gasteiger partial charge is 0.410 e. The van der Waals surface area contributed by atoms with Crippen molar-refractivity contribution in [3.8, 4) is 12.3 Å². The molecule has 138 valence electrons. The van der Waals surface area contributed by atoms with Gasteiger partial charge in [0.1, 0.15) is 6.10 Å². The van der Waals surface area contributed by atoms with Crippen LogP contribution in [-0.2, 0) is 9.47 Å². The second kappa shape index (κ2) is 7.41. The Bertz CT molecular complexity index is 731. The van der Waals surface area contributed by atoms with Crippen LogP contribution in [0.4, 0.5) is 4.79 Å². The predicted molar refractivity (Wildman–Crippen MR) is 97.7 cm³/mol. The Morgan fingerprint density at radius 3 is 2.50 bits per heavy atom. The van der Waals surface area contributed by atoms with E-state index in [1.807, 2.05) is 32.0 Å². The summed E-state index contributed by atoms with van der Waals surface area (Å²) in [6.45, 7) is 3.92. The van der Waals surface area contributed by atoms with Gasteiger partial charge in [0.25, 0.3) is 0 Å². The molecule has 5 heteroatoms. The zero-order valence-corrected chi connectivity index (χ0v) is 15.5. The second-order valence-electron chi connectivity index (χ2n) is 7.28. The zero-order chi connectivity index (χ0) is 18.8. The molecule has 1 aliphatic carbocycles. The SMILES string of the molecule is C#CC1C[C@H]2[C@@H](OC(=O)c3cc(C)cc(C)c3)CCC[C@H]2N1C(=O)OC. The fourth-order valence-corrected chi connectivity index (χ4v) is 4.42. The lowest BCUT2D eigenvalue weighted by Gasteiger charge is -2.36. The molecular weight excluding hydrogens is 330 g/mol. The van der Waals surface area contributed by atoms with Crippen LogP contribution in [-0.4, -0.2) is 42.3 Å². The van der Waals surface area contributed by atoms with Gasteiger partial charge in [0.2, 0.25) is 0 Å². The summed E-state index contributed by atoms with van der Waals surface area (Å²) >= 11 is 0. The summed E-state index contributed by atoms with van der Waals surface area (Å²) in [6.07, 6.45) is 8.18. The molecule has 2 aliphatic rings. The Morgan fingerprint density at radius 1 is 1.19 bits per heavy atom. The molecule has 1 aromatic carbocycles. The number of methoxy groups -OCH3 is 1. The van der Waals surface area contributed by atoms with E-state index >= 15 is 0 Å². The largest absolute Gasteiger partial charge is 0.458 e. The summed E-state index contributed by atoms with van der Waals surface area (Å²) in [6, 6.07) is 5.37. The molecule has 0 spiro atoms. The molecule has 0 aromatic heterocycles. The Kier molecular flexibility index (Phi) is 5.22. The van der Waals surface area contributed by atoms with Gasteiger partial charge in [-0.3, -0.25) is 4.90 Å². The molecule has 1 amide bonds. The molecule has 0 bridgehead atoms. The van der Waals surface area contributed by atoms with Crippen molar-refractivity contribution in [1.29, 1.82) is 0 Å². The highest BCUT2D eigenvalue weighted by molar-refractivity contribution is 5.90. The van der Waals surface area contributed by atoms with Crippen LogP contribution >= 0.6 is 0 Å². The number of hydrogen-bond donors (Lipinski definition) is 0. The lowest BCUT2D eigenvalue weighted by molar-refractivity contribution is -0.00730. The van der Waals surface area contributed by atoms with E-state index < -0.39 is 6.09 Å². The Labute approximate surface area is 154 Å². The molecule has 4 atom stereocenters. The number of carbonyl (C=O) groups is 2. The maximum Gasteiger partial charge on any atom is 0.410 e. The molecule has 2 fully saturated rings. The van der Waals surface area contributed by atoms with E-state index in [1.165, 1.54) is 7.11 Å². The van der Waals surface area contributed by atoms with Crippen LogP contribution in [0.2, 0.25) is 0 Å². The lowest BCUT2D eigenvalue weighted by atomic mass is 9.82. The first-order valence-corrected chi connectivity index (χ1v) is 9.06.